The maximum absolute atomic E-state index is 12.0. The Morgan fingerprint density at radius 3 is 2.11 bits per heavy atom. The van der Waals surface area contributed by atoms with Crippen molar-refractivity contribution in [2.24, 2.45) is 0 Å². The molecule has 2 amide bonds. The van der Waals surface area contributed by atoms with E-state index in [2.05, 4.69) is 5.32 Å². The largest absolute Gasteiger partial charge is 0.288 e. The highest BCUT2D eigenvalue weighted by molar-refractivity contribution is 6.33. The molecule has 0 radical (unpaired) electrons. The van der Waals surface area contributed by atoms with Gasteiger partial charge in [0.25, 0.3) is 11.8 Å². The van der Waals surface area contributed by atoms with Gasteiger partial charge in [-0.25, -0.2) is 0 Å². The summed E-state index contributed by atoms with van der Waals surface area (Å²) in [6.07, 6.45) is 1.79. The molecule has 3 nitrogen and oxygen atoms in total. The second-order valence-electron chi connectivity index (χ2n) is 4.30. The maximum atomic E-state index is 12.0. The van der Waals surface area contributed by atoms with E-state index in [-0.39, 0.29) is 11.8 Å². The lowest BCUT2D eigenvalue weighted by Crippen LogP contribution is -2.36. The van der Waals surface area contributed by atoms with Gasteiger partial charge < -0.3 is 0 Å². The molecule has 0 atom stereocenters. The molecule has 1 aliphatic heterocycles. The molecule has 92 valence electrons. The number of benzene rings is 2. The minimum atomic E-state index is -0.354. The number of hydrogen-bond donors (Lipinski definition) is 1. The fourth-order valence-corrected chi connectivity index (χ4v) is 2.14. The maximum Gasteiger partial charge on any atom is 0.258 e. The predicted molar refractivity (Wildman–Crippen MR) is 73.2 cm³/mol. The summed E-state index contributed by atoms with van der Waals surface area (Å²) in [5.74, 6) is -0.696. The van der Waals surface area contributed by atoms with Crippen LogP contribution in [0.5, 0.6) is 0 Å². The van der Waals surface area contributed by atoms with Crippen molar-refractivity contribution in [1.82, 2.24) is 5.32 Å². The van der Waals surface area contributed by atoms with Gasteiger partial charge in [-0.15, -0.1) is 0 Å². The molecule has 0 spiro atoms. The predicted octanol–water partition coefficient (Wildman–Crippen LogP) is 2.50. The van der Waals surface area contributed by atoms with Gasteiger partial charge in [0.05, 0.1) is 0 Å². The number of hydrogen-bond acceptors (Lipinski definition) is 2. The van der Waals surface area contributed by atoms with E-state index in [4.69, 9.17) is 0 Å². The summed E-state index contributed by atoms with van der Waals surface area (Å²) in [7, 11) is 0. The molecule has 1 N–H and O–H groups in total. The van der Waals surface area contributed by atoms with Crippen molar-refractivity contribution in [3.63, 3.8) is 0 Å². The van der Waals surface area contributed by atoms with Crippen LogP contribution in [0.15, 0.2) is 54.6 Å². The molecule has 0 saturated heterocycles. The quantitative estimate of drug-likeness (QED) is 0.623. The molecule has 2 aromatic rings. The van der Waals surface area contributed by atoms with Gasteiger partial charge >= 0.3 is 0 Å². The van der Waals surface area contributed by atoms with Crippen LogP contribution < -0.4 is 5.32 Å². The number of rotatable bonds is 1. The highest BCUT2D eigenvalue weighted by Crippen LogP contribution is 2.25. The van der Waals surface area contributed by atoms with Crippen LogP contribution in [0.3, 0.4) is 0 Å². The smallest absolute Gasteiger partial charge is 0.258 e. The molecule has 0 fully saturated rings. The average molecular weight is 249 g/mol. The normalized spacial score (nSPS) is 16.1. The number of imide groups is 1. The Hall–Kier alpha value is -2.68. The van der Waals surface area contributed by atoms with Crippen molar-refractivity contribution in [1.29, 1.82) is 0 Å². The Morgan fingerprint density at radius 1 is 0.737 bits per heavy atom. The average Bonchev–Trinajstić information content (AvgIpc) is 2.45. The highest BCUT2D eigenvalue weighted by atomic mass is 16.2. The van der Waals surface area contributed by atoms with Crippen LogP contribution >= 0.6 is 0 Å². The van der Waals surface area contributed by atoms with Gasteiger partial charge in [-0.2, -0.15) is 0 Å². The summed E-state index contributed by atoms with van der Waals surface area (Å²) in [4.78, 5) is 23.7. The topological polar surface area (TPSA) is 46.2 Å². The van der Waals surface area contributed by atoms with Crippen LogP contribution in [0.2, 0.25) is 0 Å². The minimum absolute atomic E-state index is 0.342. The summed E-state index contributed by atoms with van der Waals surface area (Å²) in [5.41, 5.74) is 2.66. The van der Waals surface area contributed by atoms with Crippen LogP contribution in [0.25, 0.3) is 11.6 Å². The molecule has 1 aliphatic rings. The van der Waals surface area contributed by atoms with Crippen LogP contribution in [0.4, 0.5) is 0 Å². The molecule has 2 aromatic carbocycles. The first kappa shape index (κ1) is 11.4. The van der Waals surface area contributed by atoms with Crippen molar-refractivity contribution in [3.05, 3.63) is 71.3 Å². The minimum Gasteiger partial charge on any atom is -0.288 e. The fraction of sp³-hybridized carbons (Fsp3) is 0. The van der Waals surface area contributed by atoms with Crippen LogP contribution in [-0.4, -0.2) is 11.8 Å². The zero-order valence-electron chi connectivity index (χ0n) is 10.1. The second kappa shape index (κ2) is 4.53. The lowest BCUT2D eigenvalue weighted by Gasteiger charge is -2.17. The first-order chi connectivity index (χ1) is 9.25. The summed E-state index contributed by atoms with van der Waals surface area (Å²) in [5, 5.41) is 2.36. The molecule has 3 heteroatoms. The van der Waals surface area contributed by atoms with Gasteiger partial charge in [0.2, 0.25) is 0 Å². The van der Waals surface area contributed by atoms with E-state index in [1.165, 1.54) is 0 Å². The van der Waals surface area contributed by atoms with Gasteiger partial charge in [-0.05, 0) is 23.3 Å². The molecular formula is C16H11NO2. The molecule has 0 saturated carbocycles. The lowest BCUT2D eigenvalue weighted by molar-refractivity contribution is -0.114. The van der Waals surface area contributed by atoms with Gasteiger partial charge in [0, 0.05) is 11.1 Å². The molecule has 1 heterocycles. The van der Waals surface area contributed by atoms with E-state index < -0.39 is 0 Å². The van der Waals surface area contributed by atoms with Crippen molar-refractivity contribution in [2.45, 2.75) is 0 Å². The number of nitrogens with one attached hydrogen (secondary N) is 1. The molecule has 3 rings (SSSR count). The van der Waals surface area contributed by atoms with E-state index in [0.717, 1.165) is 5.56 Å². The van der Waals surface area contributed by atoms with Crippen LogP contribution in [0, 0.1) is 0 Å². The van der Waals surface area contributed by atoms with Crippen molar-refractivity contribution in [3.8, 4) is 0 Å². The third-order valence-electron chi connectivity index (χ3n) is 3.04. The Balaban J connectivity index is 2.16. The molecule has 0 bridgehead atoms. The van der Waals surface area contributed by atoms with Crippen LogP contribution in [0.1, 0.15) is 21.5 Å². The summed E-state index contributed by atoms with van der Waals surface area (Å²) >= 11 is 0. The van der Waals surface area contributed by atoms with Crippen molar-refractivity contribution < 1.29 is 9.59 Å². The number of fused-ring (bicyclic) bond motifs is 1. The number of amides is 2. The molecular weight excluding hydrogens is 238 g/mol. The van der Waals surface area contributed by atoms with Crippen molar-refractivity contribution >= 4 is 23.5 Å². The first-order valence-electron chi connectivity index (χ1n) is 5.97. The third-order valence-corrected chi connectivity index (χ3v) is 3.04. The van der Waals surface area contributed by atoms with E-state index in [0.29, 0.717) is 16.7 Å². The van der Waals surface area contributed by atoms with Gasteiger partial charge in [0.1, 0.15) is 0 Å². The van der Waals surface area contributed by atoms with Gasteiger partial charge in [-0.1, -0.05) is 48.5 Å². The van der Waals surface area contributed by atoms with Gasteiger partial charge in [0.15, 0.2) is 0 Å². The number of carbonyl (C=O) groups is 2. The lowest BCUT2D eigenvalue weighted by atomic mass is 9.93. The van der Waals surface area contributed by atoms with E-state index in [1.807, 2.05) is 36.4 Å². The molecule has 0 aromatic heterocycles. The SMILES string of the molecule is O=C1NC(=O)c2ccccc2/C1=C\c1ccccc1. The van der Waals surface area contributed by atoms with Crippen molar-refractivity contribution in [2.75, 3.05) is 0 Å². The van der Waals surface area contributed by atoms with E-state index in [9.17, 15) is 9.59 Å². The first-order valence-corrected chi connectivity index (χ1v) is 5.97. The van der Waals surface area contributed by atoms with Crippen LogP contribution in [-0.2, 0) is 4.79 Å². The summed E-state index contributed by atoms with van der Waals surface area (Å²) in [6.45, 7) is 0. The molecule has 0 unspecified atom stereocenters. The van der Waals surface area contributed by atoms with E-state index >= 15 is 0 Å². The Bertz CT molecular complexity index is 687. The standard InChI is InChI=1S/C16H11NO2/c18-15-13-9-5-4-8-12(13)14(16(19)17-15)10-11-6-2-1-3-7-11/h1-10H,(H,17,18,19)/b14-10+. The summed E-state index contributed by atoms with van der Waals surface area (Å²) < 4.78 is 0. The zero-order chi connectivity index (χ0) is 13.2. The zero-order valence-corrected chi connectivity index (χ0v) is 10.1. The highest BCUT2D eigenvalue weighted by Gasteiger charge is 2.26. The second-order valence-corrected chi connectivity index (χ2v) is 4.30. The molecule has 19 heavy (non-hydrogen) atoms. The Labute approximate surface area is 110 Å². The monoisotopic (exact) mass is 249 g/mol. The Kier molecular flexibility index (Phi) is 2.72. The molecule has 0 aliphatic carbocycles. The van der Waals surface area contributed by atoms with Gasteiger partial charge in [-0.3, -0.25) is 14.9 Å². The number of carbonyl (C=O) groups excluding carboxylic acids is 2. The third kappa shape index (κ3) is 2.06. The van der Waals surface area contributed by atoms with E-state index in [1.54, 1.807) is 24.3 Å². The fourth-order valence-electron chi connectivity index (χ4n) is 2.14. The summed E-state index contributed by atoms with van der Waals surface area (Å²) in [6, 6.07) is 16.7. The Morgan fingerprint density at radius 2 is 1.37 bits per heavy atom.